The van der Waals surface area contributed by atoms with E-state index in [0.717, 1.165) is 11.1 Å². The van der Waals surface area contributed by atoms with E-state index in [9.17, 15) is 9.18 Å². The fraction of sp³-hybridized carbons (Fsp3) is 0.176. The van der Waals surface area contributed by atoms with Crippen molar-refractivity contribution in [2.24, 2.45) is 0 Å². The molecule has 2 aromatic carbocycles. The first-order valence-corrected chi connectivity index (χ1v) is 7.43. The van der Waals surface area contributed by atoms with Crippen LogP contribution in [0.5, 0.6) is 0 Å². The summed E-state index contributed by atoms with van der Waals surface area (Å²) in [6.07, 6.45) is 0.370. The van der Waals surface area contributed by atoms with Crippen molar-refractivity contribution < 1.29 is 9.18 Å². The molecule has 1 atom stereocenters. The molecular weight excluding hydrogens is 309 g/mol. The van der Waals surface area contributed by atoms with E-state index in [0.29, 0.717) is 6.42 Å². The normalized spacial score (nSPS) is 11.9. The Kier molecular flexibility index (Phi) is 4.60. The maximum Gasteiger partial charge on any atom is 0.232 e. The van der Waals surface area contributed by atoms with Crippen molar-refractivity contribution in [2.75, 3.05) is 5.32 Å². The number of halogens is 1. The molecule has 1 heterocycles. The van der Waals surface area contributed by atoms with Gasteiger partial charge in [0.15, 0.2) is 0 Å². The van der Waals surface area contributed by atoms with Gasteiger partial charge < -0.3 is 10.4 Å². The molecule has 0 saturated carbocycles. The Morgan fingerprint density at radius 2 is 2.08 bits per heavy atom. The molecule has 0 radical (unpaired) electrons. The zero-order chi connectivity index (χ0) is 16.9. The number of carbonyl (C=O) groups is 1. The van der Waals surface area contributed by atoms with Gasteiger partial charge in [-0.25, -0.2) is 4.39 Å². The van der Waals surface area contributed by atoms with Crippen LogP contribution < -0.4 is 10.4 Å². The predicted octanol–water partition coefficient (Wildman–Crippen LogP) is 2.24. The van der Waals surface area contributed by atoms with Gasteiger partial charge in [0.2, 0.25) is 5.91 Å². The molecule has 0 spiro atoms. The van der Waals surface area contributed by atoms with Crippen molar-refractivity contribution in [1.29, 1.82) is 0 Å². The number of nitrogens with one attached hydrogen (secondary N) is 1. The van der Waals surface area contributed by atoms with Gasteiger partial charge in [-0.1, -0.05) is 42.0 Å². The smallest absolute Gasteiger partial charge is 0.232 e. The first kappa shape index (κ1) is 15.8. The number of anilines is 1. The van der Waals surface area contributed by atoms with Crippen LogP contribution in [0.25, 0.3) is 0 Å². The van der Waals surface area contributed by atoms with Crippen LogP contribution in [0.1, 0.15) is 22.9 Å². The lowest BCUT2D eigenvalue weighted by Crippen LogP contribution is -2.25. The molecule has 0 saturated heterocycles. The quantitative estimate of drug-likeness (QED) is 0.778. The van der Waals surface area contributed by atoms with Gasteiger partial charge in [-0.2, -0.15) is 5.21 Å². The SMILES string of the molecule is Cc1cccc(C[C@H](C(=O)Nc2ccccc2F)c2nnn[n-]2)c1. The first-order chi connectivity index (χ1) is 11.6. The highest BCUT2D eigenvalue weighted by Gasteiger charge is 2.22. The number of aromatic nitrogens is 4. The maximum atomic E-state index is 13.8. The maximum absolute atomic E-state index is 13.8. The fourth-order valence-electron chi connectivity index (χ4n) is 2.45. The van der Waals surface area contributed by atoms with Crippen molar-refractivity contribution in [3.8, 4) is 0 Å². The third-order valence-electron chi connectivity index (χ3n) is 3.62. The summed E-state index contributed by atoms with van der Waals surface area (Å²) in [6.45, 7) is 1.97. The molecule has 0 aliphatic carbocycles. The van der Waals surface area contributed by atoms with Crippen LogP contribution >= 0.6 is 0 Å². The van der Waals surface area contributed by atoms with E-state index in [1.807, 2.05) is 31.2 Å². The zero-order valence-electron chi connectivity index (χ0n) is 13.0. The molecular formula is C17H15FN5O-. The van der Waals surface area contributed by atoms with Crippen molar-refractivity contribution in [2.45, 2.75) is 19.3 Å². The number of hydrogen-bond donors (Lipinski definition) is 1. The molecule has 0 unspecified atom stereocenters. The number of tetrazole rings is 1. The van der Waals surface area contributed by atoms with Crippen LogP contribution in [-0.4, -0.2) is 21.4 Å². The zero-order valence-corrected chi connectivity index (χ0v) is 13.0. The number of carbonyl (C=O) groups excluding carboxylic acids is 1. The predicted molar refractivity (Wildman–Crippen MR) is 85.8 cm³/mol. The molecule has 122 valence electrons. The average Bonchev–Trinajstić information content (AvgIpc) is 3.09. The Morgan fingerprint density at radius 3 is 2.79 bits per heavy atom. The molecule has 24 heavy (non-hydrogen) atoms. The number of hydrogen-bond acceptors (Lipinski definition) is 4. The summed E-state index contributed by atoms with van der Waals surface area (Å²) in [4.78, 5) is 12.6. The minimum absolute atomic E-state index is 0.115. The highest BCUT2D eigenvalue weighted by molar-refractivity contribution is 5.95. The van der Waals surface area contributed by atoms with E-state index in [-0.39, 0.29) is 11.5 Å². The Balaban J connectivity index is 1.85. The Hall–Kier alpha value is -3.09. The summed E-state index contributed by atoms with van der Waals surface area (Å²) < 4.78 is 13.8. The van der Waals surface area contributed by atoms with Crippen LogP contribution in [0.3, 0.4) is 0 Å². The Labute approximate surface area is 138 Å². The van der Waals surface area contributed by atoms with Gasteiger partial charge in [-0.3, -0.25) is 15.1 Å². The van der Waals surface area contributed by atoms with E-state index in [4.69, 9.17) is 0 Å². The molecule has 0 aliphatic rings. The van der Waals surface area contributed by atoms with Gasteiger partial charge in [-0.05, 0) is 31.0 Å². The minimum Gasteiger partial charge on any atom is -0.335 e. The van der Waals surface area contributed by atoms with Gasteiger partial charge in [0.1, 0.15) is 5.82 Å². The lowest BCUT2D eigenvalue weighted by molar-refractivity contribution is -0.117. The van der Waals surface area contributed by atoms with E-state index >= 15 is 0 Å². The monoisotopic (exact) mass is 324 g/mol. The van der Waals surface area contributed by atoms with Gasteiger partial charge in [0.05, 0.1) is 11.6 Å². The third-order valence-corrected chi connectivity index (χ3v) is 3.62. The van der Waals surface area contributed by atoms with Crippen LogP contribution in [0.15, 0.2) is 48.5 Å². The van der Waals surface area contributed by atoms with Crippen LogP contribution in [-0.2, 0) is 11.2 Å². The third kappa shape index (κ3) is 3.62. The van der Waals surface area contributed by atoms with E-state index < -0.39 is 17.6 Å². The molecule has 1 aromatic heterocycles. The molecule has 1 amide bonds. The number of amides is 1. The summed E-state index contributed by atoms with van der Waals surface area (Å²) in [6, 6.07) is 13.8. The second-order valence-electron chi connectivity index (χ2n) is 5.45. The number of nitrogens with zero attached hydrogens (tertiary/aromatic N) is 4. The lowest BCUT2D eigenvalue weighted by atomic mass is 9.96. The van der Waals surface area contributed by atoms with Crippen molar-refractivity contribution >= 4 is 11.6 Å². The standard InChI is InChI=1S/C17H16FN5O/c1-11-5-4-6-12(9-11)10-13(16-20-22-23-21-16)17(24)19-15-8-3-2-7-14(15)18/h2-9,13H,10H2,1H3,(H2,19,20,21,22,23,24)/p-1/t13-/m0/s1. The molecule has 0 aliphatic heterocycles. The molecule has 6 nitrogen and oxygen atoms in total. The molecule has 3 aromatic rings. The topological polar surface area (TPSA) is 81.9 Å². The van der Waals surface area contributed by atoms with Crippen molar-refractivity contribution in [3.63, 3.8) is 0 Å². The summed E-state index contributed by atoms with van der Waals surface area (Å²) in [5, 5.41) is 17.1. The summed E-state index contributed by atoms with van der Waals surface area (Å²) in [5.41, 5.74) is 2.15. The Bertz CT molecular complexity index is 835. The Morgan fingerprint density at radius 1 is 1.25 bits per heavy atom. The molecule has 3 rings (SSSR count). The van der Waals surface area contributed by atoms with Crippen molar-refractivity contribution in [1.82, 2.24) is 20.6 Å². The number of rotatable bonds is 5. The molecule has 7 heteroatoms. The highest BCUT2D eigenvalue weighted by Crippen LogP contribution is 2.21. The summed E-state index contributed by atoms with van der Waals surface area (Å²) >= 11 is 0. The number of benzene rings is 2. The fourth-order valence-corrected chi connectivity index (χ4v) is 2.45. The van der Waals surface area contributed by atoms with E-state index in [1.54, 1.807) is 12.1 Å². The summed E-state index contributed by atoms with van der Waals surface area (Å²) in [7, 11) is 0. The van der Waals surface area contributed by atoms with Crippen LogP contribution in [0.2, 0.25) is 0 Å². The van der Waals surface area contributed by atoms with Gasteiger partial charge in [0.25, 0.3) is 0 Å². The van der Waals surface area contributed by atoms with Crippen LogP contribution in [0.4, 0.5) is 10.1 Å². The van der Waals surface area contributed by atoms with E-state index in [2.05, 4.69) is 25.9 Å². The molecule has 1 N–H and O–H groups in total. The average molecular weight is 324 g/mol. The lowest BCUT2D eigenvalue weighted by Gasteiger charge is -2.17. The number of para-hydroxylation sites is 1. The van der Waals surface area contributed by atoms with Gasteiger partial charge in [-0.15, -0.1) is 0 Å². The second-order valence-corrected chi connectivity index (χ2v) is 5.45. The summed E-state index contributed by atoms with van der Waals surface area (Å²) in [5.74, 6) is -1.40. The minimum atomic E-state index is -0.707. The first-order valence-electron chi connectivity index (χ1n) is 7.43. The van der Waals surface area contributed by atoms with Gasteiger partial charge in [0, 0.05) is 5.82 Å². The van der Waals surface area contributed by atoms with Crippen molar-refractivity contribution in [3.05, 3.63) is 71.3 Å². The van der Waals surface area contributed by atoms with Crippen LogP contribution in [0, 0.1) is 12.7 Å². The highest BCUT2D eigenvalue weighted by atomic mass is 19.1. The van der Waals surface area contributed by atoms with E-state index in [1.165, 1.54) is 12.1 Å². The second kappa shape index (κ2) is 6.99. The van der Waals surface area contributed by atoms with Gasteiger partial charge >= 0.3 is 0 Å². The molecule has 0 bridgehead atoms. The largest absolute Gasteiger partial charge is 0.335 e. The molecule has 0 fully saturated rings. The number of aryl methyl sites for hydroxylation is 1.